The molecular formula is C25H30F3N3O3. The Bertz CT molecular complexity index is 1010. The summed E-state index contributed by atoms with van der Waals surface area (Å²) in [5.41, 5.74) is 1.13. The zero-order chi connectivity index (χ0) is 24.0. The van der Waals surface area contributed by atoms with Crippen molar-refractivity contribution in [3.8, 4) is 0 Å². The first kappa shape index (κ1) is 23.3. The number of hydrogen-bond acceptors (Lipinski definition) is 4. The van der Waals surface area contributed by atoms with Crippen LogP contribution in [0.3, 0.4) is 0 Å². The number of halogens is 3. The van der Waals surface area contributed by atoms with E-state index in [1.807, 2.05) is 0 Å². The molecule has 2 heterocycles. The second-order valence-electron chi connectivity index (χ2n) is 10.4. The molecule has 2 aliphatic heterocycles. The molecule has 1 unspecified atom stereocenters. The van der Waals surface area contributed by atoms with E-state index in [2.05, 4.69) is 10.6 Å². The van der Waals surface area contributed by atoms with Gasteiger partial charge in [-0.3, -0.25) is 19.7 Å². The molecule has 2 aliphatic carbocycles. The Morgan fingerprint density at radius 3 is 2.59 bits per heavy atom. The normalized spacial score (nSPS) is 29.1. The van der Waals surface area contributed by atoms with E-state index >= 15 is 4.39 Å². The van der Waals surface area contributed by atoms with Crippen LogP contribution in [0, 0.1) is 17.7 Å². The molecule has 5 rings (SSSR count). The summed E-state index contributed by atoms with van der Waals surface area (Å²) in [6.07, 6.45) is 4.79. The Kier molecular flexibility index (Phi) is 6.16. The first-order valence-electron chi connectivity index (χ1n) is 12.3. The van der Waals surface area contributed by atoms with Gasteiger partial charge in [-0.25, -0.2) is 13.2 Å². The summed E-state index contributed by atoms with van der Waals surface area (Å²) in [6, 6.07) is 2.70. The highest BCUT2D eigenvalue weighted by Crippen LogP contribution is 2.42. The van der Waals surface area contributed by atoms with Crippen LogP contribution in [0.15, 0.2) is 12.1 Å². The third kappa shape index (κ3) is 4.46. The first-order chi connectivity index (χ1) is 16.2. The number of hydrogen-bond donors (Lipinski definition) is 2. The van der Waals surface area contributed by atoms with Crippen LogP contribution in [0.25, 0.3) is 0 Å². The number of alkyl halides is 2. The molecular weight excluding hydrogens is 447 g/mol. The van der Waals surface area contributed by atoms with Crippen molar-refractivity contribution < 1.29 is 27.6 Å². The molecule has 4 aliphatic rings. The van der Waals surface area contributed by atoms with Gasteiger partial charge in [0.2, 0.25) is 17.7 Å². The number of piperidine rings is 1. The summed E-state index contributed by atoms with van der Waals surface area (Å²) >= 11 is 0. The molecule has 34 heavy (non-hydrogen) atoms. The van der Waals surface area contributed by atoms with Crippen LogP contribution < -0.4 is 10.6 Å². The topological polar surface area (TPSA) is 78.5 Å². The van der Waals surface area contributed by atoms with Crippen molar-refractivity contribution in [3.05, 3.63) is 34.6 Å². The standard InChI is InChI=1S/C25H30F3N3O3/c26-22-16(9-15-3-1-2-4-19(15)29-12-14-10-25(27,28)11-14)5-6-17-18(22)13-31(24(17)34)20-7-8-21(32)30-23(20)33/h5-6,14-15,19-20,29H,1-4,7-13H2,(H,30,32,33)/t15-,19+,20?/m1/s1. The second kappa shape index (κ2) is 8.98. The van der Waals surface area contributed by atoms with Crippen molar-refractivity contribution in [2.24, 2.45) is 11.8 Å². The molecule has 3 amide bonds. The van der Waals surface area contributed by atoms with Crippen LogP contribution in [0.4, 0.5) is 13.2 Å². The Hall–Kier alpha value is -2.42. The van der Waals surface area contributed by atoms with Crippen LogP contribution in [-0.4, -0.2) is 47.2 Å². The fourth-order valence-electron chi connectivity index (χ4n) is 6.06. The van der Waals surface area contributed by atoms with Gasteiger partial charge in [-0.15, -0.1) is 0 Å². The fourth-order valence-corrected chi connectivity index (χ4v) is 6.06. The molecule has 0 bridgehead atoms. The Labute approximate surface area is 196 Å². The zero-order valence-electron chi connectivity index (χ0n) is 19.0. The van der Waals surface area contributed by atoms with Crippen molar-refractivity contribution in [2.45, 2.75) is 82.3 Å². The third-order valence-electron chi connectivity index (χ3n) is 7.96. The number of carbonyl (C=O) groups is 3. The van der Waals surface area contributed by atoms with E-state index in [-0.39, 0.29) is 67.5 Å². The molecule has 1 aromatic rings. The minimum Gasteiger partial charge on any atom is -0.322 e. The lowest BCUT2D eigenvalue weighted by molar-refractivity contribution is -0.136. The van der Waals surface area contributed by atoms with Crippen molar-refractivity contribution in [2.75, 3.05) is 6.54 Å². The van der Waals surface area contributed by atoms with Gasteiger partial charge in [-0.05, 0) is 55.7 Å². The summed E-state index contributed by atoms with van der Waals surface area (Å²) in [7, 11) is 0. The summed E-state index contributed by atoms with van der Waals surface area (Å²) in [5, 5.41) is 5.74. The predicted molar refractivity (Wildman–Crippen MR) is 118 cm³/mol. The van der Waals surface area contributed by atoms with Crippen LogP contribution in [0.1, 0.15) is 72.9 Å². The highest BCUT2D eigenvalue weighted by atomic mass is 19.3. The molecule has 2 N–H and O–H groups in total. The van der Waals surface area contributed by atoms with Crippen molar-refractivity contribution in [1.82, 2.24) is 15.5 Å². The number of fused-ring (bicyclic) bond motifs is 1. The lowest BCUT2D eigenvalue weighted by Gasteiger charge is -2.38. The van der Waals surface area contributed by atoms with E-state index in [0.717, 1.165) is 25.7 Å². The minimum atomic E-state index is -2.52. The summed E-state index contributed by atoms with van der Waals surface area (Å²) < 4.78 is 41.9. The lowest BCUT2D eigenvalue weighted by Crippen LogP contribution is -2.52. The van der Waals surface area contributed by atoms with E-state index in [1.54, 1.807) is 12.1 Å². The molecule has 3 fully saturated rings. The van der Waals surface area contributed by atoms with Gasteiger partial charge < -0.3 is 10.2 Å². The minimum absolute atomic E-state index is 0.00131. The number of nitrogens with one attached hydrogen (secondary N) is 2. The van der Waals surface area contributed by atoms with E-state index in [4.69, 9.17) is 0 Å². The molecule has 1 aromatic carbocycles. The number of amides is 3. The fraction of sp³-hybridized carbons (Fsp3) is 0.640. The number of nitrogens with zero attached hydrogens (tertiary/aromatic N) is 1. The van der Waals surface area contributed by atoms with Crippen LogP contribution in [0.5, 0.6) is 0 Å². The predicted octanol–water partition coefficient (Wildman–Crippen LogP) is 3.32. The van der Waals surface area contributed by atoms with Crippen LogP contribution >= 0.6 is 0 Å². The van der Waals surface area contributed by atoms with Crippen LogP contribution in [0.2, 0.25) is 0 Å². The van der Waals surface area contributed by atoms with Crippen molar-refractivity contribution >= 4 is 17.7 Å². The maximum absolute atomic E-state index is 15.6. The van der Waals surface area contributed by atoms with Gasteiger partial charge in [0.05, 0.1) is 6.54 Å². The van der Waals surface area contributed by atoms with Gasteiger partial charge in [0.1, 0.15) is 11.9 Å². The highest BCUT2D eigenvalue weighted by Gasteiger charge is 2.45. The monoisotopic (exact) mass is 477 g/mol. The van der Waals surface area contributed by atoms with E-state index < -0.39 is 23.7 Å². The molecule has 2 saturated carbocycles. The summed E-state index contributed by atoms with van der Waals surface area (Å²) in [5.74, 6) is -3.99. The molecule has 0 aromatic heterocycles. The first-order valence-corrected chi connectivity index (χ1v) is 12.3. The largest absolute Gasteiger partial charge is 0.322 e. The Balaban J connectivity index is 1.26. The zero-order valence-corrected chi connectivity index (χ0v) is 19.0. The Morgan fingerprint density at radius 1 is 1.09 bits per heavy atom. The third-order valence-corrected chi connectivity index (χ3v) is 7.96. The molecule has 0 spiro atoms. The number of imide groups is 1. The molecule has 184 valence electrons. The number of carbonyl (C=O) groups excluding carboxylic acids is 3. The van der Waals surface area contributed by atoms with E-state index in [9.17, 15) is 23.2 Å². The van der Waals surface area contributed by atoms with Gasteiger partial charge in [0, 0.05) is 36.4 Å². The quantitative estimate of drug-likeness (QED) is 0.617. The molecule has 0 radical (unpaired) electrons. The lowest BCUT2D eigenvalue weighted by atomic mass is 9.78. The van der Waals surface area contributed by atoms with Gasteiger partial charge >= 0.3 is 0 Å². The summed E-state index contributed by atoms with van der Waals surface area (Å²) in [6.45, 7) is 0.585. The molecule has 1 saturated heterocycles. The van der Waals surface area contributed by atoms with Gasteiger partial charge in [0.15, 0.2) is 0 Å². The van der Waals surface area contributed by atoms with Gasteiger partial charge in [-0.1, -0.05) is 18.9 Å². The number of benzene rings is 1. The van der Waals surface area contributed by atoms with Crippen molar-refractivity contribution in [1.29, 1.82) is 0 Å². The SMILES string of the molecule is O=C1CCC(N2Cc3c(ccc(C[C@H]4CCCC[C@@H]4NCC4CC(F)(F)C4)c3F)C2=O)C(=O)N1. The average molecular weight is 478 g/mol. The Morgan fingerprint density at radius 2 is 1.85 bits per heavy atom. The highest BCUT2D eigenvalue weighted by molar-refractivity contribution is 6.05. The second-order valence-corrected chi connectivity index (χ2v) is 10.4. The van der Waals surface area contributed by atoms with E-state index in [1.165, 1.54) is 4.90 Å². The molecule has 9 heteroatoms. The van der Waals surface area contributed by atoms with Crippen LogP contribution in [-0.2, 0) is 22.6 Å². The number of rotatable bonds is 6. The molecule has 6 nitrogen and oxygen atoms in total. The smallest absolute Gasteiger partial charge is 0.255 e. The molecule has 3 atom stereocenters. The summed E-state index contributed by atoms with van der Waals surface area (Å²) in [4.78, 5) is 37.9. The van der Waals surface area contributed by atoms with Gasteiger partial charge in [-0.2, -0.15) is 0 Å². The maximum Gasteiger partial charge on any atom is 0.255 e. The maximum atomic E-state index is 15.6. The van der Waals surface area contributed by atoms with Gasteiger partial charge in [0.25, 0.3) is 5.91 Å². The average Bonchev–Trinajstić information content (AvgIpc) is 3.10. The van der Waals surface area contributed by atoms with E-state index in [0.29, 0.717) is 24.1 Å². The van der Waals surface area contributed by atoms with Crippen molar-refractivity contribution in [3.63, 3.8) is 0 Å².